The van der Waals surface area contributed by atoms with E-state index < -0.39 is 0 Å². The van der Waals surface area contributed by atoms with E-state index in [0.29, 0.717) is 6.54 Å². The van der Waals surface area contributed by atoms with E-state index in [4.69, 9.17) is 0 Å². The number of hydrogen-bond donors (Lipinski definition) is 2. The van der Waals surface area contributed by atoms with Crippen molar-refractivity contribution in [3.05, 3.63) is 107 Å². The van der Waals surface area contributed by atoms with Gasteiger partial charge in [0.05, 0.1) is 0 Å². The van der Waals surface area contributed by atoms with E-state index in [0.717, 1.165) is 29.5 Å². The van der Waals surface area contributed by atoms with Crippen molar-refractivity contribution in [2.75, 3.05) is 6.54 Å². The van der Waals surface area contributed by atoms with Gasteiger partial charge in [0, 0.05) is 29.2 Å². The maximum Gasteiger partial charge on any atom is 0.251 e. The number of rotatable bonds is 6. The van der Waals surface area contributed by atoms with Gasteiger partial charge in [-0.3, -0.25) is 4.79 Å². The van der Waals surface area contributed by atoms with Crippen molar-refractivity contribution in [2.24, 2.45) is 0 Å². The molecule has 4 aromatic rings. The summed E-state index contributed by atoms with van der Waals surface area (Å²) in [5, 5.41) is 4.29. The minimum atomic E-state index is -0.0126. The van der Waals surface area contributed by atoms with E-state index in [2.05, 4.69) is 34.6 Å². The second-order valence-electron chi connectivity index (χ2n) is 6.68. The van der Waals surface area contributed by atoms with Crippen LogP contribution < -0.4 is 5.32 Å². The lowest BCUT2D eigenvalue weighted by Crippen LogP contribution is -2.26. The lowest BCUT2D eigenvalue weighted by molar-refractivity contribution is 0.0953. The number of H-pyrrole nitrogens is 1. The molecule has 1 heterocycles. The van der Waals surface area contributed by atoms with Crippen LogP contribution in [-0.4, -0.2) is 17.4 Å². The van der Waals surface area contributed by atoms with Crippen molar-refractivity contribution in [1.82, 2.24) is 10.3 Å². The number of para-hydroxylation sites is 1. The molecule has 0 aliphatic carbocycles. The molecule has 0 aliphatic rings. The molecule has 27 heavy (non-hydrogen) atoms. The van der Waals surface area contributed by atoms with Crippen molar-refractivity contribution in [3.63, 3.8) is 0 Å². The fraction of sp³-hybridized carbons (Fsp3) is 0.125. The van der Waals surface area contributed by atoms with Gasteiger partial charge in [0.25, 0.3) is 5.91 Å². The van der Waals surface area contributed by atoms with E-state index in [9.17, 15) is 4.79 Å². The Morgan fingerprint density at radius 1 is 0.815 bits per heavy atom. The summed E-state index contributed by atoms with van der Waals surface area (Å²) in [5.74, 6) is -0.0126. The Balaban J connectivity index is 1.43. The third kappa shape index (κ3) is 3.93. The molecule has 0 spiro atoms. The average molecular weight is 354 g/mol. The van der Waals surface area contributed by atoms with Gasteiger partial charge in [-0.1, -0.05) is 66.7 Å². The summed E-state index contributed by atoms with van der Waals surface area (Å²) in [7, 11) is 0. The molecule has 134 valence electrons. The normalized spacial score (nSPS) is 10.8. The summed E-state index contributed by atoms with van der Waals surface area (Å²) in [6.45, 7) is 0.611. The van der Waals surface area contributed by atoms with Crippen LogP contribution in [0.5, 0.6) is 0 Å². The number of amides is 1. The maximum absolute atomic E-state index is 12.7. The summed E-state index contributed by atoms with van der Waals surface area (Å²) in [4.78, 5) is 16.0. The summed E-state index contributed by atoms with van der Waals surface area (Å²) in [6, 6.07) is 26.3. The Kier molecular flexibility index (Phi) is 5.01. The minimum absolute atomic E-state index is 0.0126. The Labute approximate surface area is 159 Å². The van der Waals surface area contributed by atoms with Gasteiger partial charge in [-0.25, -0.2) is 0 Å². The number of hydrogen-bond acceptors (Lipinski definition) is 1. The van der Waals surface area contributed by atoms with Crippen LogP contribution in [0, 0.1) is 0 Å². The van der Waals surface area contributed by atoms with Crippen LogP contribution in [0.3, 0.4) is 0 Å². The summed E-state index contributed by atoms with van der Waals surface area (Å²) in [6.07, 6.45) is 3.59. The molecule has 3 heteroatoms. The molecule has 0 saturated carbocycles. The van der Waals surface area contributed by atoms with Crippen LogP contribution in [0.25, 0.3) is 10.9 Å². The Morgan fingerprint density at radius 3 is 2.44 bits per heavy atom. The smallest absolute Gasteiger partial charge is 0.251 e. The van der Waals surface area contributed by atoms with Gasteiger partial charge < -0.3 is 10.3 Å². The fourth-order valence-corrected chi connectivity index (χ4v) is 3.46. The van der Waals surface area contributed by atoms with Gasteiger partial charge in [-0.2, -0.15) is 0 Å². The third-order valence-electron chi connectivity index (χ3n) is 4.85. The quantitative estimate of drug-likeness (QED) is 0.516. The van der Waals surface area contributed by atoms with Crippen LogP contribution in [0.1, 0.15) is 27.0 Å². The predicted molar refractivity (Wildman–Crippen MR) is 110 cm³/mol. The molecule has 2 N–H and O–H groups in total. The highest BCUT2D eigenvalue weighted by atomic mass is 16.1. The van der Waals surface area contributed by atoms with E-state index in [1.165, 1.54) is 16.5 Å². The molecule has 0 radical (unpaired) electrons. The summed E-state index contributed by atoms with van der Waals surface area (Å²) in [5.41, 5.74) is 5.36. The van der Waals surface area contributed by atoms with Crippen molar-refractivity contribution < 1.29 is 4.79 Å². The molecule has 1 amide bonds. The second-order valence-corrected chi connectivity index (χ2v) is 6.68. The summed E-state index contributed by atoms with van der Waals surface area (Å²) >= 11 is 0. The first-order valence-corrected chi connectivity index (χ1v) is 9.26. The van der Waals surface area contributed by atoms with Gasteiger partial charge in [-0.05, 0) is 41.7 Å². The largest absolute Gasteiger partial charge is 0.361 e. The SMILES string of the molecule is O=C(NCCc1c[nH]c2ccccc12)c1ccccc1Cc1ccccc1. The molecule has 3 aromatic carbocycles. The monoisotopic (exact) mass is 354 g/mol. The first kappa shape index (κ1) is 17.1. The molecule has 0 atom stereocenters. The number of aromatic amines is 1. The Bertz CT molecular complexity index is 1050. The van der Waals surface area contributed by atoms with Crippen molar-refractivity contribution in [2.45, 2.75) is 12.8 Å². The zero-order valence-corrected chi connectivity index (χ0v) is 15.1. The van der Waals surface area contributed by atoms with E-state index in [1.807, 2.05) is 60.8 Å². The van der Waals surface area contributed by atoms with Crippen molar-refractivity contribution >= 4 is 16.8 Å². The molecule has 4 rings (SSSR count). The van der Waals surface area contributed by atoms with Crippen LogP contribution in [0.2, 0.25) is 0 Å². The van der Waals surface area contributed by atoms with Crippen molar-refractivity contribution in [3.8, 4) is 0 Å². The lowest BCUT2D eigenvalue weighted by atomic mass is 9.99. The number of fused-ring (bicyclic) bond motifs is 1. The minimum Gasteiger partial charge on any atom is -0.361 e. The first-order chi connectivity index (χ1) is 13.3. The molecule has 0 fully saturated rings. The predicted octanol–water partition coefficient (Wildman–Crippen LogP) is 4.73. The molecule has 0 saturated heterocycles. The van der Waals surface area contributed by atoms with Crippen LogP contribution in [0.4, 0.5) is 0 Å². The third-order valence-corrected chi connectivity index (χ3v) is 4.85. The molecule has 0 unspecified atom stereocenters. The number of aromatic nitrogens is 1. The zero-order valence-electron chi connectivity index (χ0n) is 15.1. The number of carbonyl (C=O) groups excluding carboxylic acids is 1. The Morgan fingerprint density at radius 2 is 1.56 bits per heavy atom. The van der Waals surface area contributed by atoms with E-state index >= 15 is 0 Å². The molecule has 0 bridgehead atoms. The van der Waals surface area contributed by atoms with Gasteiger partial charge >= 0.3 is 0 Å². The molecule has 0 aliphatic heterocycles. The molecule has 1 aromatic heterocycles. The fourth-order valence-electron chi connectivity index (χ4n) is 3.46. The van der Waals surface area contributed by atoms with Crippen molar-refractivity contribution in [1.29, 1.82) is 0 Å². The number of benzene rings is 3. The molecular formula is C24H22N2O. The van der Waals surface area contributed by atoms with Crippen LogP contribution in [-0.2, 0) is 12.8 Å². The number of carbonyl (C=O) groups is 1. The second kappa shape index (κ2) is 7.92. The van der Waals surface area contributed by atoms with E-state index in [-0.39, 0.29) is 5.91 Å². The Hall–Kier alpha value is -3.33. The highest BCUT2D eigenvalue weighted by molar-refractivity contribution is 5.95. The maximum atomic E-state index is 12.7. The van der Waals surface area contributed by atoms with Gasteiger partial charge in [0.2, 0.25) is 0 Å². The zero-order chi connectivity index (χ0) is 18.5. The van der Waals surface area contributed by atoms with Gasteiger partial charge in [0.15, 0.2) is 0 Å². The van der Waals surface area contributed by atoms with Gasteiger partial charge in [-0.15, -0.1) is 0 Å². The number of nitrogens with one attached hydrogen (secondary N) is 2. The average Bonchev–Trinajstić information content (AvgIpc) is 3.12. The summed E-state index contributed by atoms with van der Waals surface area (Å²) < 4.78 is 0. The van der Waals surface area contributed by atoms with E-state index in [1.54, 1.807) is 0 Å². The molecular weight excluding hydrogens is 332 g/mol. The highest BCUT2D eigenvalue weighted by Gasteiger charge is 2.11. The highest BCUT2D eigenvalue weighted by Crippen LogP contribution is 2.18. The molecule has 3 nitrogen and oxygen atoms in total. The first-order valence-electron chi connectivity index (χ1n) is 9.26. The topological polar surface area (TPSA) is 44.9 Å². The van der Waals surface area contributed by atoms with Crippen LogP contribution in [0.15, 0.2) is 85.1 Å². The van der Waals surface area contributed by atoms with Gasteiger partial charge in [0.1, 0.15) is 0 Å². The lowest BCUT2D eigenvalue weighted by Gasteiger charge is -2.10. The van der Waals surface area contributed by atoms with Crippen LogP contribution >= 0.6 is 0 Å². The standard InChI is InChI=1S/C24H22N2O/c27-24(25-15-14-20-17-26-23-13-7-6-11-21(20)23)22-12-5-4-10-19(22)16-18-8-2-1-3-9-18/h1-13,17,26H,14-16H2,(H,25,27).